The highest BCUT2D eigenvalue weighted by molar-refractivity contribution is 5.98. The van der Waals surface area contributed by atoms with Gasteiger partial charge in [0.25, 0.3) is 5.91 Å². The summed E-state index contributed by atoms with van der Waals surface area (Å²) in [6, 6.07) is 4.08. The van der Waals surface area contributed by atoms with Crippen molar-refractivity contribution in [1.82, 2.24) is 10.6 Å². The van der Waals surface area contributed by atoms with E-state index < -0.39 is 17.6 Å². The molecule has 0 fully saturated rings. The molecular formula is C26H40F3N5O. The van der Waals surface area contributed by atoms with E-state index in [-0.39, 0.29) is 5.70 Å². The molecule has 196 valence electrons. The van der Waals surface area contributed by atoms with Crippen LogP contribution >= 0.6 is 0 Å². The van der Waals surface area contributed by atoms with Gasteiger partial charge in [0.2, 0.25) is 0 Å². The summed E-state index contributed by atoms with van der Waals surface area (Å²) in [5.41, 5.74) is 2.28. The molecule has 0 saturated carbocycles. The molecule has 0 aliphatic carbocycles. The summed E-state index contributed by atoms with van der Waals surface area (Å²) in [4.78, 5) is 21.1. The molecule has 1 aliphatic heterocycles. The Kier molecular flexibility index (Phi) is 11.5. The first-order valence-electron chi connectivity index (χ1n) is 12.0. The number of anilines is 1. The van der Waals surface area contributed by atoms with Gasteiger partial charge in [0.05, 0.1) is 0 Å². The minimum Gasteiger partial charge on any atom is -0.356 e. The van der Waals surface area contributed by atoms with Crippen LogP contribution in [0, 0.1) is 13.8 Å². The number of allylic oxidation sites excluding steroid dienone is 1. The lowest BCUT2D eigenvalue weighted by atomic mass is 9.99. The molecule has 1 heterocycles. The fourth-order valence-corrected chi connectivity index (χ4v) is 3.13. The monoisotopic (exact) mass is 495 g/mol. The van der Waals surface area contributed by atoms with Gasteiger partial charge in [-0.25, -0.2) is 0 Å². The maximum Gasteiger partial charge on any atom is 0.410 e. The van der Waals surface area contributed by atoms with Crippen LogP contribution in [-0.4, -0.2) is 42.4 Å². The summed E-state index contributed by atoms with van der Waals surface area (Å²) >= 11 is 0. The van der Waals surface area contributed by atoms with Crippen molar-refractivity contribution in [2.75, 3.05) is 18.4 Å². The van der Waals surface area contributed by atoms with Gasteiger partial charge in [-0.3, -0.25) is 14.8 Å². The van der Waals surface area contributed by atoms with Crippen molar-refractivity contribution in [2.24, 2.45) is 9.98 Å². The van der Waals surface area contributed by atoms with Crippen LogP contribution in [0.3, 0.4) is 0 Å². The Morgan fingerprint density at radius 3 is 2.34 bits per heavy atom. The Balaban J connectivity index is 0.00000194. The van der Waals surface area contributed by atoms with Crippen molar-refractivity contribution in [3.05, 3.63) is 40.6 Å². The number of nitrogens with zero attached hydrogens (tertiary/aromatic N) is 2. The van der Waals surface area contributed by atoms with E-state index in [9.17, 15) is 18.0 Å². The normalized spacial score (nSPS) is 14.9. The number of hydrogen-bond acceptors (Lipinski definition) is 5. The number of amides is 1. The molecule has 0 saturated heterocycles. The second-order valence-electron chi connectivity index (χ2n) is 9.21. The number of aryl methyl sites for hydroxylation is 2. The zero-order valence-electron chi connectivity index (χ0n) is 22.2. The SMILES string of the molecule is C/C=C(\N=C(C)Cc1cc(C)c(NC2=NCCCN2)cc1C)C(=O)NC(C)(C)C(F)(F)F.CCC. The smallest absolute Gasteiger partial charge is 0.356 e. The molecule has 2 rings (SSSR count). The number of nitrogens with one attached hydrogen (secondary N) is 3. The first-order chi connectivity index (χ1) is 16.2. The number of benzene rings is 1. The average molecular weight is 496 g/mol. The van der Waals surface area contributed by atoms with Gasteiger partial charge in [-0.1, -0.05) is 32.4 Å². The van der Waals surface area contributed by atoms with Crippen LogP contribution in [0.4, 0.5) is 18.9 Å². The van der Waals surface area contributed by atoms with Crippen LogP contribution in [-0.2, 0) is 11.2 Å². The lowest BCUT2D eigenvalue weighted by Crippen LogP contribution is -2.54. The number of carbonyl (C=O) groups excluding carboxylic acids is 1. The first-order valence-corrected chi connectivity index (χ1v) is 12.0. The molecule has 1 aromatic carbocycles. The maximum absolute atomic E-state index is 13.1. The van der Waals surface area contributed by atoms with Crippen molar-refractivity contribution >= 4 is 23.3 Å². The van der Waals surface area contributed by atoms with E-state index in [2.05, 4.69) is 34.5 Å². The van der Waals surface area contributed by atoms with Gasteiger partial charge >= 0.3 is 6.18 Å². The highest BCUT2D eigenvalue weighted by Gasteiger charge is 2.48. The minimum absolute atomic E-state index is 0.0473. The van der Waals surface area contributed by atoms with E-state index in [0.717, 1.165) is 61.7 Å². The second-order valence-corrected chi connectivity index (χ2v) is 9.21. The van der Waals surface area contributed by atoms with Crippen LogP contribution in [0.15, 0.2) is 33.9 Å². The van der Waals surface area contributed by atoms with Crippen molar-refractivity contribution in [2.45, 2.75) is 86.4 Å². The van der Waals surface area contributed by atoms with Crippen molar-refractivity contribution < 1.29 is 18.0 Å². The van der Waals surface area contributed by atoms with E-state index in [4.69, 9.17) is 0 Å². The molecule has 0 aromatic heterocycles. The van der Waals surface area contributed by atoms with Crippen molar-refractivity contribution in [1.29, 1.82) is 0 Å². The number of halogens is 3. The number of carbonyl (C=O) groups is 1. The van der Waals surface area contributed by atoms with Crippen LogP contribution in [0.1, 0.15) is 71.1 Å². The molecule has 0 radical (unpaired) electrons. The Morgan fingerprint density at radius 2 is 1.83 bits per heavy atom. The van der Waals surface area contributed by atoms with Gasteiger partial charge in [-0.2, -0.15) is 13.2 Å². The number of guanidine groups is 1. The molecule has 35 heavy (non-hydrogen) atoms. The van der Waals surface area contributed by atoms with Gasteiger partial charge in [0.15, 0.2) is 5.96 Å². The van der Waals surface area contributed by atoms with Gasteiger partial charge in [-0.15, -0.1) is 0 Å². The lowest BCUT2D eigenvalue weighted by molar-refractivity contribution is -0.187. The fraction of sp³-hybridized carbons (Fsp3) is 0.577. The second kappa shape index (κ2) is 13.3. The molecule has 6 nitrogen and oxygen atoms in total. The standard InChI is InChI=1S/C23H32F3N5O.C3H8/c1-7-18(20(32)31-22(5,6)23(24,25)26)29-16(4)13-17-11-15(3)19(12-14(17)2)30-21-27-9-8-10-28-21;1-3-2/h7,11-12H,8-10,13H2,1-6H3,(H,31,32)(H2,27,28,30);3H2,1-2H3/b18-7-,29-16?;. The molecule has 1 aliphatic rings. The zero-order valence-corrected chi connectivity index (χ0v) is 22.2. The number of aliphatic imine (C=N–C) groups is 2. The molecule has 1 aromatic rings. The van der Waals surface area contributed by atoms with Gasteiger partial charge in [-0.05, 0) is 70.7 Å². The van der Waals surface area contributed by atoms with Crippen LogP contribution in [0.5, 0.6) is 0 Å². The zero-order chi connectivity index (χ0) is 26.8. The number of hydrogen-bond donors (Lipinski definition) is 3. The Hall–Kier alpha value is -2.84. The number of rotatable bonds is 6. The summed E-state index contributed by atoms with van der Waals surface area (Å²) < 4.78 is 39.3. The Bertz CT molecular complexity index is 962. The largest absolute Gasteiger partial charge is 0.410 e. The van der Waals surface area contributed by atoms with E-state index in [1.807, 2.05) is 31.3 Å². The fourth-order valence-electron chi connectivity index (χ4n) is 3.13. The van der Waals surface area contributed by atoms with Gasteiger partial charge < -0.3 is 16.0 Å². The van der Waals surface area contributed by atoms with Crippen molar-refractivity contribution in [3.63, 3.8) is 0 Å². The third-order valence-corrected chi connectivity index (χ3v) is 5.23. The topological polar surface area (TPSA) is 77.9 Å². The summed E-state index contributed by atoms with van der Waals surface area (Å²) in [5, 5.41) is 8.56. The molecule has 9 heteroatoms. The van der Waals surface area contributed by atoms with Gasteiger partial charge in [0.1, 0.15) is 11.2 Å². The molecule has 0 bridgehead atoms. The highest BCUT2D eigenvalue weighted by Crippen LogP contribution is 2.29. The van der Waals surface area contributed by atoms with Crippen LogP contribution in [0.25, 0.3) is 0 Å². The number of alkyl halides is 3. The predicted octanol–water partition coefficient (Wildman–Crippen LogP) is 5.85. The Labute approximate surface area is 207 Å². The van der Waals surface area contributed by atoms with E-state index in [1.54, 1.807) is 13.8 Å². The first kappa shape index (κ1) is 30.2. The third kappa shape index (κ3) is 9.38. The summed E-state index contributed by atoms with van der Waals surface area (Å²) in [6.45, 7) is 15.1. The van der Waals surface area contributed by atoms with E-state index in [1.165, 1.54) is 12.5 Å². The van der Waals surface area contributed by atoms with E-state index >= 15 is 0 Å². The average Bonchev–Trinajstić information content (AvgIpc) is 2.75. The minimum atomic E-state index is -4.57. The third-order valence-electron chi connectivity index (χ3n) is 5.23. The highest BCUT2D eigenvalue weighted by atomic mass is 19.4. The van der Waals surface area contributed by atoms with E-state index in [0.29, 0.717) is 12.1 Å². The summed E-state index contributed by atoms with van der Waals surface area (Å²) in [7, 11) is 0. The predicted molar refractivity (Wildman–Crippen MR) is 139 cm³/mol. The molecule has 0 spiro atoms. The quantitative estimate of drug-likeness (QED) is 0.342. The van der Waals surface area contributed by atoms with Crippen LogP contribution in [0.2, 0.25) is 0 Å². The molecule has 3 N–H and O–H groups in total. The molecular weight excluding hydrogens is 455 g/mol. The summed E-state index contributed by atoms with van der Waals surface area (Å²) in [6.07, 6.45) is -0.419. The maximum atomic E-state index is 13.1. The van der Waals surface area contributed by atoms with Gasteiger partial charge in [0, 0.05) is 30.9 Å². The lowest BCUT2D eigenvalue weighted by Gasteiger charge is -2.28. The molecule has 0 atom stereocenters. The van der Waals surface area contributed by atoms with Crippen LogP contribution < -0.4 is 16.0 Å². The summed E-state index contributed by atoms with van der Waals surface area (Å²) in [5.74, 6) is -0.0999. The Morgan fingerprint density at radius 1 is 1.20 bits per heavy atom. The van der Waals surface area contributed by atoms with Crippen molar-refractivity contribution in [3.8, 4) is 0 Å². The molecule has 0 unspecified atom stereocenters. The molecule has 1 amide bonds.